The lowest BCUT2D eigenvalue weighted by molar-refractivity contribution is -0.347. The molecule has 2 aromatic rings. The van der Waals surface area contributed by atoms with Gasteiger partial charge in [-0.05, 0) is 26.0 Å². The molecule has 1 aromatic carbocycles. The number of ether oxygens (including phenoxy) is 4. The van der Waals surface area contributed by atoms with Crippen molar-refractivity contribution in [1.82, 2.24) is 15.0 Å². The average Bonchev–Trinajstić information content (AvgIpc) is 3.19. The first kappa shape index (κ1) is 22.0. The predicted octanol–water partition coefficient (Wildman–Crippen LogP) is 2.44. The average molecular weight is 460 g/mol. The van der Waals surface area contributed by atoms with Gasteiger partial charge in [-0.25, -0.2) is 18.3 Å². The Balaban J connectivity index is 1.75. The summed E-state index contributed by atoms with van der Waals surface area (Å²) in [6.07, 6.45) is -2.25. The van der Waals surface area contributed by atoms with Gasteiger partial charge in [-0.3, -0.25) is 0 Å². The van der Waals surface area contributed by atoms with E-state index in [1.807, 2.05) is 0 Å². The van der Waals surface area contributed by atoms with E-state index in [4.69, 9.17) is 30.5 Å². The molecule has 0 radical (unpaired) electrons. The van der Waals surface area contributed by atoms with Gasteiger partial charge in [0.1, 0.15) is 46.7 Å². The number of nitrogens with zero attached hydrogens (tertiary/aromatic N) is 3. The molecule has 0 amide bonds. The van der Waals surface area contributed by atoms with Gasteiger partial charge in [0.25, 0.3) is 0 Å². The van der Waals surface area contributed by atoms with Gasteiger partial charge in [0.2, 0.25) is 0 Å². The highest BCUT2D eigenvalue weighted by atomic mass is 35.5. The second kappa shape index (κ2) is 8.06. The highest BCUT2D eigenvalue weighted by Gasteiger charge is 2.54. The minimum absolute atomic E-state index is 0.101. The van der Waals surface area contributed by atoms with Crippen molar-refractivity contribution in [2.75, 3.05) is 13.7 Å². The molecule has 2 fully saturated rings. The highest BCUT2D eigenvalue weighted by molar-refractivity contribution is 6.30. The fourth-order valence-corrected chi connectivity index (χ4v) is 3.98. The number of benzene rings is 1. The molecule has 3 heterocycles. The molecule has 2 aliphatic heterocycles. The Hall–Kier alpha value is -2.18. The Kier molecular flexibility index (Phi) is 5.73. The highest BCUT2D eigenvalue weighted by Crippen LogP contribution is 2.39. The number of aliphatic carboxylic acids is 1. The van der Waals surface area contributed by atoms with Crippen LogP contribution < -0.4 is 0 Å². The zero-order valence-corrected chi connectivity index (χ0v) is 17.5. The molecule has 0 spiro atoms. The van der Waals surface area contributed by atoms with Crippen LogP contribution in [0.25, 0.3) is 11.3 Å². The molecule has 0 bridgehead atoms. The molecule has 2 saturated heterocycles. The summed E-state index contributed by atoms with van der Waals surface area (Å²) in [5, 5.41) is 17.1. The van der Waals surface area contributed by atoms with E-state index < -0.39 is 58.9 Å². The number of fused-ring (bicyclic) bond motifs is 1. The monoisotopic (exact) mass is 459 g/mol. The molecular formula is C19H20ClF2N3O6. The largest absolute Gasteiger partial charge is 0.479 e. The van der Waals surface area contributed by atoms with E-state index in [9.17, 15) is 18.7 Å². The molecule has 2 aliphatic rings. The number of carbonyl (C=O) groups is 1. The molecule has 168 valence electrons. The van der Waals surface area contributed by atoms with Gasteiger partial charge < -0.3 is 24.1 Å². The summed E-state index contributed by atoms with van der Waals surface area (Å²) in [7, 11) is 1.35. The maximum Gasteiger partial charge on any atom is 0.335 e. The first-order valence-corrected chi connectivity index (χ1v) is 9.78. The third-order valence-electron chi connectivity index (χ3n) is 5.29. The molecule has 1 aromatic heterocycles. The first-order valence-electron chi connectivity index (χ1n) is 9.41. The van der Waals surface area contributed by atoms with Crippen LogP contribution in [0.15, 0.2) is 18.3 Å². The molecule has 31 heavy (non-hydrogen) atoms. The van der Waals surface area contributed by atoms with Crippen LogP contribution in [-0.4, -0.2) is 70.0 Å². The number of hydrogen-bond donors (Lipinski definition) is 1. The lowest BCUT2D eigenvalue weighted by Crippen LogP contribution is -2.64. The minimum atomic E-state index is -1.32. The lowest BCUT2D eigenvalue weighted by Gasteiger charge is -2.50. The first-order chi connectivity index (χ1) is 14.6. The van der Waals surface area contributed by atoms with Crippen molar-refractivity contribution in [3.05, 3.63) is 35.0 Å². The third kappa shape index (κ3) is 4.03. The standard InChI is InChI=1S/C19H20ClF2N3O6/c1-19(2)29-7-12-15(31-19)14(16(28-3)17(30-12)18(26)27)25-6-11(23-24-25)8-4-9(21)13(20)10(22)5-8/h4-6,12,14-17H,7H2,1-3H3,(H,26,27)/t12-,14+,15+,16-,17-/m1/s1. The number of carboxylic acid groups (broad SMARTS) is 1. The van der Waals surface area contributed by atoms with E-state index in [0.717, 1.165) is 12.1 Å². The van der Waals surface area contributed by atoms with Gasteiger partial charge in [-0.15, -0.1) is 5.10 Å². The molecule has 5 atom stereocenters. The number of aromatic nitrogens is 3. The van der Waals surface area contributed by atoms with Crippen molar-refractivity contribution in [2.24, 2.45) is 0 Å². The maximum absolute atomic E-state index is 13.9. The summed E-state index contributed by atoms with van der Waals surface area (Å²) < 4.78 is 51.9. The van der Waals surface area contributed by atoms with Crippen molar-refractivity contribution in [2.45, 2.75) is 50.1 Å². The van der Waals surface area contributed by atoms with E-state index in [2.05, 4.69) is 10.3 Å². The molecule has 4 rings (SSSR count). The van der Waals surface area contributed by atoms with Crippen LogP contribution in [0.1, 0.15) is 19.9 Å². The Morgan fingerprint density at radius 1 is 1.35 bits per heavy atom. The van der Waals surface area contributed by atoms with Crippen LogP contribution in [-0.2, 0) is 23.7 Å². The number of carboxylic acids is 1. The normalized spacial score (nSPS) is 30.1. The second-order valence-electron chi connectivity index (χ2n) is 7.76. The minimum Gasteiger partial charge on any atom is -0.479 e. The zero-order chi connectivity index (χ0) is 22.5. The SMILES string of the molecule is CO[C@@H]1[C@@H](n2cc(-c3cc(F)c(Cl)c(F)c3)nn2)[C@H]2OC(C)(C)OC[C@H]2O[C@H]1C(=O)O. The third-order valence-corrected chi connectivity index (χ3v) is 5.65. The van der Waals surface area contributed by atoms with Crippen molar-refractivity contribution in [3.63, 3.8) is 0 Å². The summed E-state index contributed by atoms with van der Waals surface area (Å²) in [6, 6.07) is 1.31. The number of halogens is 3. The van der Waals surface area contributed by atoms with Gasteiger partial charge in [-0.1, -0.05) is 16.8 Å². The Morgan fingerprint density at radius 2 is 2.03 bits per heavy atom. The predicted molar refractivity (Wildman–Crippen MR) is 101 cm³/mol. The van der Waals surface area contributed by atoms with Gasteiger partial charge in [0.15, 0.2) is 11.9 Å². The number of rotatable bonds is 4. The Morgan fingerprint density at radius 3 is 2.65 bits per heavy atom. The van der Waals surface area contributed by atoms with Gasteiger partial charge in [0.05, 0.1) is 12.8 Å². The topological polar surface area (TPSA) is 105 Å². The molecule has 1 N–H and O–H groups in total. The van der Waals surface area contributed by atoms with Crippen molar-refractivity contribution in [1.29, 1.82) is 0 Å². The maximum atomic E-state index is 13.9. The van der Waals surface area contributed by atoms with E-state index in [1.54, 1.807) is 13.8 Å². The van der Waals surface area contributed by atoms with Crippen LogP contribution in [0.5, 0.6) is 0 Å². The molecular weight excluding hydrogens is 440 g/mol. The number of hydrogen-bond acceptors (Lipinski definition) is 7. The van der Waals surface area contributed by atoms with Gasteiger partial charge in [0, 0.05) is 12.7 Å². The van der Waals surface area contributed by atoms with Crippen molar-refractivity contribution < 1.29 is 37.6 Å². The van der Waals surface area contributed by atoms with E-state index in [1.165, 1.54) is 18.0 Å². The van der Waals surface area contributed by atoms with Crippen LogP contribution in [0.4, 0.5) is 8.78 Å². The zero-order valence-electron chi connectivity index (χ0n) is 16.8. The van der Waals surface area contributed by atoms with E-state index >= 15 is 0 Å². The molecule has 0 aliphatic carbocycles. The fourth-order valence-electron chi connectivity index (χ4n) is 3.87. The smallest absolute Gasteiger partial charge is 0.335 e. The quantitative estimate of drug-likeness (QED) is 0.695. The molecule has 0 unspecified atom stereocenters. The molecule has 12 heteroatoms. The van der Waals surface area contributed by atoms with Gasteiger partial charge in [-0.2, -0.15) is 0 Å². The molecule has 9 nitrogen and oxygen atoms in total. The second-order valence-corrected chi connectivity index (χ2v) is 8.13. The lowest BCUT2D eigenvalue weighted by atomic mass is 9.91. The van der Waals surface area contributed by atoms with Crippen molar-refractivity contribution >= 4 is 17.6 Å². The Bertz CT molecular complexity index is 980. The summed E-state index contributed by atoms with van der Waals surface area (Å²) in [5.74, 6) is -4.05. The van der Waals surface area contributed by atoms with E-state index in [-0.39, 0.29) is 17.9 Å². The Labute approximate surface area is 180 Å². The van der Waals surface area contributed by atoms with Gasteiger partial charge >= 0.3 is 5.97 Å². The summed E-state index contributed by atoms with van der Waals surface area (Å²) in [5.41, 5.74) is 0.275. The fraction of sp³-hybridized carbons (Fsp3) is 0.526. The summed E-state index contributed by atoms with van der Waals surface area (Å²) in [4.78, 5) is 11.8. The van der Waals surface area contributed by atoms with Crippen LogP contribution in [0.3, 0.4) is 0 Å². The van der Waals surface area contributed by atoms with Crippen molar-refractivity contribution in [3.8, 4) is 11.3 Å². The van der Waals surface area contributed by atoms with Crippen LogP contribution in [0, 0.1) is 11.6 Å². The summed E-state index contributed by atoms with van der Waals surface area (Å²) >= 11 is 5.55. The van der Waals surface area contributed by atoms with Crippen LogP contribution >= 0.6 is 11.6 Å². The number of methoxy groups -OCH3 is 1. The summed E-state index contributed by atoms with van der Waals surface area (Å²) in [6.45, 7) is 3.54. The van der Waals surface area contributed by atoms with E-state index in [0.29, 0.717) is 0 Å². The van der Waals surface area contributed by atoms with Crippen LogP contribution in [0.2, 0.25) is 5.02 Å². The molecule has 0 saturated carbocycles.